The predicted octanol–water partition coefficient (Wildman–Crippen LogP) is 1.20. The van der Waals surface area contributed by atoms with Gasteiger partial charge in [0.25, 0.3) is 0 Å². The molecule has 1 aliphatic carbocycles. The summed E-state index contributed by atoms with van der Waals surface area (Å²) in [4.78, 5) is 10.7. The summed E-state index contributed by atoms with van der Waals surface area (Å²) in [6.45, 7) is 4.00. The normalized spacial score (nSPS) is 15.7. The van der Waals surface area contributed by atoms with Gasteiger partial charge in [0.05, 0.1) is 0 Å². The molecule has 0 bridgehead atoms. The van der Waals surface area contributed by atoms with Crippen molar-refractivity contribution in [2.24, 2.45) is 16.8 Å². The monoisotopic (exact) mass is 249 g/mol. The van der Waals surface area contributed by atoms with Gasteiger partial charge in [0, 0.05) is 25.5 Å². The van der Waals surface area contributed by atoms with Crippen LogP contribution in [0.1, 0.15) is 31.9 Å². The summed E-state index contributed by atoms with van der Waals surface area (Å²) in [6, 6.07) is 0. The van der Waals surface area contributed by atoms with Gasteiger partial charge in [0.1, 0.15) is 0 Å². The lowest BCUT2D eigenvalue weighted by molar-refractivity contribution is 0.318. The zero-order valence-electron chi connectivity index (χ0n) is 10.6. The number of amidine groups is 1. The highest BCUT2D eigenvalue weighted by Gasteiger charge is 2.26. The average molecular weight is 249 g/mol. The lowest BCUT2D eigenvalue weighted by Gasteiger charge is -2.24. The number of nitrogens with two attached hydrogens (primary N) is 1. The maximum atomic E-state index is 8.80. The van der Waals surface area contributed by atoms with Gasteiger partial charge in [-0.25, -0.2) is 9.97 Å². The van der Waals surface area contributed by atoms with Crippen LogP contribution in [0.5, 0.6) is 0 Å². The molecule has 0 unspecified atom stereocenters. The van der Waals surface area contributed by atoms with Crippen molar-refractivity contribution in [3.8, 4) is 0 Å². The highest BCUT2D eigenvalue weighted by molar-refractivity contribution is 5.99. The maximum absolute atomic E-state index is 8.80. The van der Waals surface area contributed by atoms with Crippen molar-refractivity contribution in [3.63, 3.8) is 0 Å². The molecule has 1 heterocycles. The number of oxime groups is 1. The van der Waals surface area contributed by atoms with Crippen molar-refractivity contribution < 1.29 is 5.21 Å². The Kier molecular flexibility index (Phi) is 3.96. The van der Waals surface area contributed by atoms with E-state index in [9.17, 15) is 0 Å². The summed E-state index contributed by atoms with van der Waals surface area (Å²) in [7, 11) is 0. The second-order valence-corrected chi connectivity index (χ2v) is 4.60. The van der Waals surface area contributed by atoms with Crippen LogP contribution < -0.4 is 10.6 Å². The van der Waals surface area contributed by atoms with E-state index >= 15 is 0 Å². The number of hydrogen-bond donors (Lipinski definition) is 2. The minimum Gasteiger partial charge on any atom is -0.409 e. The lowest BCUT2D eigenvalue weighted by atomic mass is 10.3. The lowest BCUT2D eigenvalue weighted by Crippen LogP contribution is -2.31. The molecule has 0 saturated heterocycles. The van der Waals surface area contributed by atoms with Gasteiger partial charge < -0.3 is 15.8 Å². The van der Waals surface area contributed by atoms with Crippen molar-refractivity contribution in [1.29, 1.82) is 0 Å². The van der Waals surface area contributed by atoms with Crippen LogP contribution in [0.15, 0.2) is 17.5 Å². The molecule has 0 aromatic carbocycles. The zero-order valence-corrected chi connectivity index (χ0v) is 10.6. The van der Waals surface area contributed by atoms with Gasteiger partial charge in [0.15, 0.2) is 17.3 Å². The Bertz CT molecular complexity index is 430. The van der Waals surface area contributed by atoms with Crippen LogP contribution in [-0.2, 0) is 0 Å². The molecule has 0 radical (unpaired) electrons. The molecule has 0 aliphatic heterocycles. The molecular weight excluding hydrogens is 230 g/mol. The molecule has 1 fully saturated rings. The Balaban J connectivity index is 2.27. The highest BCUT2D eigenvalue weighted by atomic mass is 16.4. The van der Waals surface area contributed by atoms with Crippen molar-refractivity contribution in [1.82, 2.24) is 9.97 Å². The summed E-state index contributed by atoms with van der Waals surface area (Å²) < 4.78 is 0. The standard InChI is InChI=1S/C12H19N5O/c1-2-7-17(8-9-3-4-9)12-10(11(13)16-18)14-5-6-15-12/h5-6,9,18H,2-4,7-8H2,1H3,(H2,13,16). The second-order valence-electron chi connectivity index (χ2n) is 4.60. The molecule has 0 atom stereocenters. The van der Waals surface area contributed by atoms with E-state index in [0.29, 0.717) is 11.5 Å². The Morgan fingerprint density at radius 2 is 2.22 bits per heavy atom. The van der Waals surface area contributed by atoms with E-state index in [0.717, 1.165) is 25.4 Å². The first kappa shape index (κ1) is 12.6. The van der Waals surface area contributed by atoms with Crippen molar-refractivity contribution in [2.45, 2.75) is 26.2 Å². The summed E-state index contributed by atoms with van der Waals surface area (Å²) in [5.41, 5.74) is 6.10. The molecule has 1 saturated carbocycles. The summed E-state index contributed by atoms with van der Waals surface area (Å²) in [6.07, 6.45) is 6.77. The number of aromatic nitrogens is 2. The van der Waals surface area contributed by atoms with E-state index in [4.69, 9.17) is 10.9 Å². The third kappa shape index (κ3) is 2.88. The average Bonchev–Trinajstić information content (AvgIpc) is 3.21. The smallest absolute Gasteiger partial charge is 0.192 e. The Hall–Kier alpha value is -1.85. The van der Waals surface area contributed by atoms with E-state index in [-0.39, 0.29) is 5.84 Å². The van der Waals surface area contributed by atoms with Crippen LogP contribution in [0.2, 0.25) is 0 Å². The molecule has 3 N–H and O–H groups in total. The number of hydrogen-bond acceptors (Lipinski definition) is 5. The van der Waals surface area contributed by atoms with Crippen LogP contribution in [0, 0.1) is 5.92 Å². The van der Waals surface area contributed by atoms with Crippen LogP contribution in [0.25, 0.3) is 0 Å². The Labute approximate surface area is 107 Å². The molecule has 1 aliphatic rings. The molecule has 1 aromatic rings. The summed E-state index contributed by atoms with van der Waals surface area (Å²) >= 11 is 0. The fourth-order valence-electron chi connectivity index (χ4n) is 1.96. The summed E-state index contributed by atoms with van der Waals surface area (Å²) in [5, 5.41) is 11.8. The van der Waals surface area contributed by atoms with Gasteiger partial charge in [-0.05, 0) is 25.2 Å². The van der Waals surface area contributed by atoms with Gasteiger partial charge in [-0.3, -0.25) is 0 Å². The molecule has 18 heavy (non-hydrogen) atoms. The molecule has 0 amide bonds. The zero-order chi connectivity index (χ0) is 13.0. The Morgan fingerprint density at radius 3 is 2.83 bits per heavy atom. The van der Waals surface area contributed by atoms with Crippen molar-refractivity contribution >= 4 is 11.7 Å². The molecule has 98 valence electrons. The molecular formula is C12H19N5O. The quantitative estimate of drug-likeness (QED) is 0.342. The van der Waals surface area contributed by atoms with E-state index in [1.807, 2.05) is 0 Å². The molecule has 1 aromatic heterocycles. The molecule has 6 heteroatoms. The SMILES string of the molecule is CCCN(CC1CC1)c1nccnc1C(N)=NO. The van der Waals surface area contributed by atoms with Gasteiger partial charge in [0.2, 0.25) is 0 Å². The van der Waals surface area contributed by atoms with E-state index in [1.54, 1.807) is 12.4 Å². The number of anilines is 1. The van der Waals surface area contributed by atoms with E-state index in [2.05, 4.69) is 26.9 Å². The third-order valence-corrected chi connectivity index (χ3v) is 3.00. The number of rotatable bonds is 6. The summed E-state index contributed by atoms with van der Waals surface area (Å²) in [5.74, 6) is 1.47. The van der Waals surface area contributed by atoms with E-state index in [1.165, 1.54) is 12.8 Å². The second kappa shape index (κ2) is 5.66. The van der Waals surface area contributed by atoms with Crippen molar-refractivity contribution in [2.75, 3.05) is 18.0 Å². The van der Waals surface area contributed by atoms with Crippen LogP contribution in [0.4, 0.5) is 5.82 Å². The molecule has 6 nitrogen and oxygen atoms in total. The molecule has 2 rings (SSSR count). The molecule has 0 spiro atoms. The largest absolute Gasteiger partial charge is 0.409 e. The van der Waals surface area contributed by atoms with Crippen LogP contribution in [0.3, 0.4) is 0 Å². The minimum atomic E-state index is 0.00926. The van der Waals surface area contributed by atoms with Gasteiger partial charge >= 0.3 is 0 Å². The maximum Gasteiger partial charge on any atom is 0.192 e. The highest BCUT2D eigenvalue weighted by Crippen LogP contribution is 2.31. The minimum absolute atomic E-state index is 0.00926. The predicted molar refractivity (Wildman–Crippen MR) is 69.8 cm³/mol. The van der Waals surface area contributed by atoms with E-state index < -0.39 is 0 Å². The van der Waals surface area contributed by atoms with Crippen LogP contribution >= 0.6 is 0 Å². The number of nitrogens with zero attached hydrogens (tertiary/aromatic N) is 4. The first-order valence-corrected chi connectivity index (χ1v) is 6.30. The van der Waals surface area contributed by atoms with Gasteiger partial charge in [-0.1, -0.05) is 12.1 Å². The first-order chi connectivity index (χ1) is 8.76. The van der Waals surface area contributed by atoms with Crippen molar-refractivity contribution in [3.05, 3.63) is 18.1 Å². The van der Waals surface area contributed by atoms with Crippen LogP contribution in [-0.4, -0.2) is 34.1 Å². The third-order valence-electron chi connectivity index (χ3n) is 3.00. The fourth-order valence-corrected chi connectivity index (χ4v) is 1.96. The first-order valence-electron chi connectivity index (χ1n) is 6.30. The fraction of sp³-hybridized carbons (Fsp3) is 0.583. The topological polar surface area (TPSA) is 87.6 Å². The van der Waals surface area contributed by atoms with Gasteiger partial charge in [-0.15, -0.1) is 0 Å². The van der Waals surface area contributed by atoms with Gasteiger partial charge in [-0.2, -0.15) is 0 Å². The Morgan fingerprint density at radius 1 is 1.50 bits per heavy atom.